The van der Waals surface area contributed by atoms with Crippen LogP contribution in [-0.2, 0) is 0 Å². The van der Waals surface area contributed by atoms with Crippen LogP contribution in [0.3, 0.4) is 0 Å². The molecule has 6 heteroatoms. The first-order chi connectivity index (χ1) is 10.5. The van der Waals surface area contributed by atoms with Crippen LogP contribution in [0.4, 0.5) is 8.78 Å². The molecule has 0 saturated carbocycles. The lowest BCUT2D eigenvalue weighted by Crippen LogP contribution is -2.26. The lowest BCUT2D eigenvalue weighted by Gasteiger charge is -2.15. The largest absolute Gasteiger partial charge is 0.454 e. The van der Waals surface area contributed by atoms with Crippen LogP contribution in [0, 0.1) is 11.6 Å². The van der Waals surface area contributed by atoms with Crippen molar-refractivity contribution >= 4 is 5.91 Å². The van der Waals surface area contributed by atoms with Crippen LogP contribution in [0.5, 0.6) is 11.5 Å². The summed E-state index contributed by atoms with van der Waals surface area (Å²) < 4.78 is 36.6. The molecule has 3 rings (SSSR count). The Hall–Kier alpha value is -2.63. The minimum absolute atomic E-state index is 0.131. The van der Waals surface area contributed by atoms with E-state index in [2.05, 4.69) is 5.32 Å². The standard InChI is InChI=1S/C16H13F2NO3/c1-9(10-2-4-12(17)13(18)6-10)19-16(20)11-3-5-14-15(7-11)22-8-21-14/h2-7,9H,8H2,1H3,(H,19,20)/t9-/m0/s1. The summed E-state index contributed by atoms with van der Waals surface area (Å²) >= 11 is 0. The molecule has 1 amide bonds. The van der Waals surface area contributed by atoms with Gasteiger partial charge in [-0.3, -0.25) is 4.79 Å². The molecule has 114 valence electrons. The molecule has 4 nitrogen and oxygen atoms in total. The Morgan fingerprint density at radius 3 is 2.64 bits per heavy atom. The maximum Gasteiger partial charge on any atom is 0.251 e. The molecule has 0 fully saturated rings. The van der Waals surface area contributed by atoms with Crippen LogP contribution in [0.1, 0.15) is 28.9 Å². The number of carbonyl (C=O) groups is 1. The zero-order valence-electron chi connectivity index (χ0n) is 11.7. The molecule has 22 heavy (non-hydrogen) atoms. The molecule has 1 aliphatic rings. The number of rotatable bonds is 3. The Balaban J connectivity index is 1.74. The SMILES string of the molecule is C[C@H](NC(=O)c1ccc2c(c1)OCO2)c1ccc(F)c(F)c1. The molecule has 2 aromatic carbocycles. The highest BCUT2D eigenvalue weighted by Gasteiger charge is 2.18. The summed E-state index contributed by atoms with van der Waals surface area (Å²) in [6.07, 6.45) is 0. The summed E-state index contributed by atoms with van der Waals surface area (Å²) in [6.45, 7) is 1.82. The Labute approximate surface area is 125 Å². The first-order valence-corrected chi connectivity index (χ1v) is 6.70. The molecule has 0 aliphatic carbocycles. The molecule has 0 radical (unpaired) electrons. The summed E-state index contributed by atoms with van der Waals surface area (Å²) in [5, 5.41) is 2.73. The Morgan fingerprint density at radius 2 is 1.86 bits per heavy atom. The number of hydrogen-bond acceptors (Lipinski definition) is 3. The van der Waals surface area contributed by atoms with E-state index in [1.807, 2.05) is 0 Å². The Bertz CT molecular complexity index is 733. The van der Waals surface area contributed by atoms with E-state index in [4.69, 9.17) is 9.47 Å². The van der Waals surface area contributed by atoms with Gasteiger partial charge in [-0.05, 0) is 42.8 Å². The van der Waals surface area contributed by atoms with Crippen LogP contribution in [0.15, 0.2) is 36.4 Å². The number of halogens is 2. The second kappa shape index (κ2) is 5.63. The minimum atomic E-state index is -0.943. The van der Waals surface area contributed by atoms with Crippen LogP contribution in [-0.4, -0.2) is 12.7 Å². The average molecular weight is 305 g/mol. The molecule has 1 aliphatic heterocycles. The molecular formula is C16H13F2NO3. The van der Waals surface area contributed by atoms with Crippen molar-refractivity contribution in [2.45, 2.75) is 13.0 Å². The van der Waals surface area contributed by atoms with Gasteiger partial charge in [-0.1, -0.05) is 6.07 Å². The molecule has 1 atom stereocenters. The van der Waals surface area contributed by atoms with Crippen molar-refractivity contribution in [2.75, 3.05) is 6.79 Å². The summed E-state index contributed by atoms with van der Waals surface area (Å²) in [5.74, 6) is -1.10. The lowest BCUT2D eigenvalue weighted by molar-refractivity contribution is 0.0939. The van der Waals surface area contributed by atoms with E-state index in [-0.39, 0.29) is 12.7 Å². The quantitative estimate of drug-likeness (QED) is 0.947. The van der Waals surface area contributed by atoms with Gasteiger partial charge in [0, 0.05) is 5.56 Å². The fourth-order valence-electron chi connectivity index (χ4n) is 2.18. The number of hydrogen-bond donors (Lipinski definition) is 1. The molecule has 1 heterocycles. The fourth-order valence-corrected chi connectivity index (χ4v) is 2.18. The van der Waals surface area contributed by atoms with Crippen LogP contribution >= 0.6 is 0 Å². The highest BCUT2D eigenvalue weighted by molar-refractivity contribution is 5.95. The van der Waals surface area contributed by atoms with Gasteiger partial charge in [-0.15, -0.1) is 0 Å². The molecule has 0 bridgehead atoms. The molecule has 0 unspecified atom stereocenters. The molecule has 0 saturated heterocycles. The molecule has 2 aromatic rings. The number of benzene rings is 2. The van der Waals surface area contributed by atoms with E-state index in [1.165, 1.54) is 6.07 Å². The first-order valence-electron chi connectivity index (χ1n) is 6.70. The number of fused-ring (bicyclic) bond motifs is 1. The highest BCUT2D eigenvalue weighted by Crippen LogP contribution is 2.32. The van der Waals surface area contributed by atoms with Gasteiger partial charge >= 0.3 is 0 Å². The predicted molar refractivity (Wildman–Crippen MR) is 74.8 cm³/mol. The van der Waals surface area contributed by atoms with Crippen molar-refractivity contribution in [3.63, 3.8) is 0 Å². The van der Waals surface area contributed by atoms with Crippen molar-refractivity contribution in [3.05, 3.63) is 59.2 Å². The summed E-state index contributed by atoms with van der Waals surface area (Å²) in [7, 11) is 0. The van der Waals surface area contributed by atoms with Crippen LogP contribution in [0.25, 0.3) is 0 Å². The van der Waals surface area contributed by atoms with Crippen molar-refractivity contribution in [2.24, 2.45) is 0 Å². The lowest BCUT2D eigenvalue weighted by atomic mass is 10.1. The van der Waals surface area contributed by atoms with Crippen molar-refractivity contribution in [1.29, 1.82) is 0 Å². The number of carbonyl (C=O) groups excluding carboxylic acids is 1. The van der Waals surface area contributed by atoms with Gasteiger partial charge in [0.15, 0.2) is 23.1 Å². The number of ether oxygens (including phenoxy) is 2. The third-order valence-corrected chi connectivity index (χ3v) is 3.43. The average Bonchev–Trinajstić information content (AvgIpc) is 2.97. The molecule has 1 N–H and O–H groups in total. The minimum Gasteiger partial charge on any atom is -0.454 e. The van der Waals surface area contributed by atoms with Crippen LogP contribution < -0.4 is 14.8 Å². The van der Waals surface area contributed by atoms with Crippen molar-refractivity contribution in [3.8, 4) is 11.5 Å². The van der Waals surface area contributed by atoms with Gasteiger partial charge in [0.05, 0.1) is 6.04 Å². The zero-order valence-corrected chi connectivity index (χ0v) is 11.7. The number of nitrogens with one attached hydrogen (secondary N) is 1. The van der Waals surface area contributed by atoms with Crippen molar-refractivity contribution in [1.82, 2.24) is 5.32 Å². The first kappa shape index (κ1) is 14.3. The van der Waals surface area contributed by atoms with Gasteiger partial charge in [0.25, 0.3) is 5.91 Å². The maximum atomic E-state index is 13.2. The molecule has 0 spiro atoms. The topological polar surface area (TPSA) is 47.6 Å². The van der Waals surface area contributed by atoms with Crippen molar-refractivity contribution < 1.29 is 23.0 Å². The predicted octanol–water partition coefficient (Wildman–Crippen LogP) is 3.18. The zero-order chi connectivity index (χ0) is 15.7. The smallest absolute Gasteiger partial charge is 0.251 e. The summed E-state index contributed by atoms with van der Waals surface area (Å²) in [4.78, 5) is 12.2. The monoisotopic (exact) mass is 305 g/mol. The van der Waals surface area contributed by atoms with Gasteiger partial charge in [0.2, 0.25) is 6.79 Å². The number of amides is 1. The van der Waals surface area contributed by atoms with Gasteiger partial charge in [-0.2, -0.15) is 0 Å². The maximum absolute atomic E-state index is 13.2. The van der Waals surface area contributed by atoms with Gasteiger partial charge < -0.3 is 14.8 Å². The van der Waals surface area contributed by atoms with E-state index >= 15 is 0 Å². The molecule has 0 aromatic heterocycles. The Morgan fingerprint density at radius 1 is 1.09 bits per heavy atom. The molecular weight excluding hydrogens is 292 g/mol. The summed E-state index contributed by atoms with van der Waals surface area (Å²) in [6, 6.07) is 7.92. The van der Waals surface area contributed by atoms with E-state index in [0.29, 0.717) is 22.6 Å². The van der Waals surface area contributed by atoms with E-state index in [0.717, 1.165) is 12.1 Å². The highest BCUT2D eigenvalue weighted by atomic mass is 19.2. The second-order valence-electron chi connectivity index (χ2n) is 4.94. The van der Waals surface area contributed by atoms with E-state index in [9.17, 15) is 13.6 Å². The van der Waals surface area contributed by atoms with E-state index in [1.54, 1.807) is 25.1 Å². The van der Waals surface area contributed by atoms with Crippen LogP contribution in [0.2, 0.25) is 0 Å². The Kier molecular flexibility index (Phi) is 3.66. The van der Waals surface area contributed by atoms with Gasteiger partial charge in [-0.25, -0.2) is 8.78 Å². The van der Waals surface area contributed by atoms with Gasteiger partial charge in [0.1, 0.15) is 0 Å². The van der Waals surface area contributed by atoms with E-state index < -0.39 is 17.7 Å². The normalized spacial score (nSPS) is 13.8. The second-order valence-corrected chi connectivity index (χ2v) is 4.94. The fraction of sp³-hybridized carbons (Fsp3) is 0.188. The third kappa shape index (κ3) is 2.72. The third-order valence-electron chi connectivity index (χ3n) is 3.43. The summed E-state index contributed by atoms with van der Waals surface area (Å²) in [5.41, 5.74) is 0.881.